The Morgan fingerprint density at radius 1 is 1.03 bits per heavy atom. The molecule has 2 aliphatic rings. The Kier molecular flexibility index (Phi) is 7.59. The summed E-state index contributed by atoms with van der Waals surface area (Å²) in [7, 11) is 0. The molecule has 0 radical (unpaired) electrons. The summed E-state index contributed by atoms with van der Waals surface area (Å²) in [6, 6.07) is 13.9. The third-order valence-electron chi connectivity index (χ3n) is 5.99. The molecule has 1 aliphatic heterocycles. The SMILES string of the molecule is O=C(CN1CCN(C(=O)C2CCCC2)CC1)Nc1cccc(CSc2ccccn2)c1. The van der Waals surface area contributed by atoms with E-state index in [1.165, 1.54) is 12.8 Å². The average molecular weight is 439 g/mol. The van der Waals surface area contributed by atoms with Gasteiger partial charge in [0.25, 0.3) is 0 Å². The molecule has 1 aromatic heterocycles. The fourth-order valence-electron chi connectivity index (χ4n) is 4.29. The highest BCUT2D eigenvalue weighted by Crippen LogP contribution is 2.27. The van der Waals surface area contributed by atoms with Gasteiger partial charge >= 0.3 is 0 Å². The van der Waals surface area contributed by atoms with Crippen molar-refractivity contribution in [1.82, 2.24) is 14.8 Å². The molecule has 31 heavy (non-hydrogen) atoms. The van der Waals surface area contributed by atoms with Gasteiger partial charge in [-0.25, -0.2) is 4.98 Å². The van der Waals surface area contributed by atoms with Crippen LogP contribution in [0.3, 0.4) is 0 Å². The highest BCUT2D eigenvalue weighted by molar-refractivity contribution is 7.98. The van der Waals surface area contributed by atoms with E-state index in [4.69, 9.17) is 0 Å². The Bertz CT molecular complexity index is 878. The zero-order valence-electron chi connectivity index (χ0n) is 17.8. The van der Waals surface area contributed by atoms with E-state index >= 15 is 0 Å². The van der Waals surface area contributed by atoms with Crippen molar-refractivity contribution >= 4 is 29.3 Å². The van der Waals surface area contributed by atoms with Gasteiger partial charge in [-0.1, -0.05) is 31.0 Å². The molecule has 1 N–H and O–H groups in total. The maximum absolute atomic E-state index is 12.6. The summed E-state index contributed by atoms with van der Waals surface area (Å²) in [5, 5.41) is 4.01. The monoisotopic (exact) mass is 438 g/mol. The Morgan fingerprint density at radius 2 is 1.84 bits per heavy atom. The molecule has 2 aromatic rings. The second-order valence-electron chi connectivity index (χ2n) is 8.29. The van der Waals surface area contributed by atoms with E-state index in [1.807, 2.05) is 41.3 Å². The fraction of sp³-hybridized carbons (Fsp3) is 0.458. The van der Waals surface area contributed by atoms with Crippen molar-refractivity contribution in [3.63, 3.8) is 0 Å². The van der Waals surface area contributed by atoms with Crippen LogP contribution in [0.5, 0.6) is 0 Å². The van der Waals surface area contributed by atoms with E-state index in [1.54, 1.807) is 18.0 Å². The van der Waals surface area contributed by atoms with Crippen LogP contribution in [0.4, 0.5) is 5.69 Å². The first kappa shape index (κ1) is 21.8. The van der Waals surface area contributed by atoms with Gasteiger partial charge in [0.2, 0.25) is 11.8 Å². The molecule has 6 nitrogen and oxygen atoms in total. The normalized spacial score (nSPS) is 17.6. The number of hydrogen-bond donors (Lipinski definition) is 1. The summed E-state index contributed by atoms with van der Waals surface area (Å²) in [6.45, 7) is 3.32. The minimum Gasteiger partial charge on any atom is -0.340 e. The Hall–Kier alpha value is -2.38. The Labute approximate surface area is 188 Å². The molecule has 2 amide bonds. The average Bonchev–Trinajstić information content (AvgIpc) is 3.34. The number of pyridine rings is 1. The maximum atomic E-state index is 12.6. The van der Waals surface area contributed by atoms with Crippen LogP contribution in [0.2, 0.25) is 0 Å². The number of rotatable bonds is 7. The van der Waals surface area contributed by atoms with Crippen LogP contribution in [0.1, 0.15) is 31.2 Å². The number of piperazine rings is 1. The van der Waals surface area contributed by atoms with Gasteiger partial charge < -0.3 is 10.2 Å². The van der Waals surface area contributed by atoms with E-state index < -0.39 is 0 Å². The van der Waals surface area contributed by atoms with Crippen LogP contribution in [-0.2, 0) is 15.3 Å². The molecule has 0 atom stereocenters. The number of nitrogens with zero attached hydrogens (tertiary/aromatic N) is 3. The van der Waals surface area contributed by atoms with Crippen LogP contribution >= 0.6 is 11.8 Å². The van der Waals surface area contributed by atoms with Crippen molar-refractivity contribution < 1.29 is 9.59 Å². The minimum absolute atomic E-state index is 0.00917. The summed E-state index contributed by atoms with van der Waals surface area (Å²) in [6.07, 6.45) is 6.24. The van der Waals surface area contributed by atoms with Crippen LogP contribution in [0.25, 0.3) is 0 Å². The largest absolute Gasteiger partial charge is 0.340 e. The van der Waals surface area contributed by atoms with Crippen molar-refractivity contribution in [2.24, 2.45) is 5.92 Å². The van der Waals surface area contributed by atoms with E-state index in [-0.39, 0.29) is 11.8 Å². The van der Waals surface area contributed by atoms with E-state index in [0.29, 0.717) is 12.5 Å². The quantitative estimate of drug-likeness (QED) is 0.669. The number of benzene rings is 1. The smallest absolute Gasteiger partial charge is 0.238 e. The molecule has 1 aliphatic carbocycles. The fourth-order valence-corrected chi connectivity index (χ4v) is 5.09. The third kappa shape index (κ3) is 6.31. The maximum Gasteiger partial charge on any atom is 0.238 e. The predicted molar refractivity (Wildman–Crippen MR) is 124 cm³/mol. The summed E-state index contributed by atoms with van der Waals surface area (Å²) < 4.78 is 0. The van der Waals surface area contributed by atoms with Gasteiger partial charge in [-0.05, 0) is 42.7 Å². The molecule has 1 saturated heterocycles. The molecule has 0 spiro atoms. The number of anilines is 1. The number of thioether (sulfide) groups is 1. The molecule has 1 aromatic carbocycles. The van der Waals surface area contributed by atoms with Gasteiger partial charge in [0.1, 0.15) is 0 Å². The topological polar surface area (TPSA) is 65.5 Å². The molecular formula is C24H30N4O2S. The second kappa shape index (κ2) is 10.8. The highest BCUT2D eigenvalue weighted by atomic mass is 32.2. The molecule has 2 heterocycles. The molecule has 4 rings (SSSR count). The van der Waals surface area contributed by atoms with Crippen molar-refractivity contribution in [2.75, 3.05) is 38.0 Å². The van der Waals surface area contributed by atoms with Gasteiger partial charge in [-0.2, -0.15) is 0 Å². The van der Waals surface area contributed by atoms with Gasteiger partial charge in [0, 0.05) is 49.7 Å². The summed E-state index contributed by atoms with van der Waals surface area (Å²) in [5.74, 6) is 1.35. The number of amides is 2. The zero-order valence-corrected chi connectivity index (χ0v) is 18.7. The van der Waals surface area contributed by atoms with E-state index in [0.717, 1.165) is 61.1 Å². The first-order valence-corrected chi connectivity index (χ1v) is 12.1. The molecular weight excluding hydrogens is 408 g/mol. The van der Waals surface area contributed by atoms with Gasteiger partial charge in [0.15, 0.2) is 0 Å². The van der Waals surface area contributed by atoms with Gasteiger partial charge in [-0.15, -0.1) is 11.8 Å². The van der Waals surface area contributed by atoms with Crippen LogP contribution in [0, 0.1) is 5.92 Å². The zero-order chi connectivity index (χ0) is 21.5. The molecule has 0 unspecified atom stereocenters. The van der Waals surface area contributed by atoms with Crippen molar-refractivity contribution in [3.05, 3.63) is 54.2 Å². The van der Waals surface area contributed by atoms with Crippen LogP contribution in [0.15, 0.2) is 53.7 Å². The lowest BCUT2D eigenvalue weighted by atomic mass is 10.1. The first-order chi connectivity index (χ1) is 15.2. The lowest BCUT2D eigenvalue weighted by molar-refractivity contribution is -0.137. The predicted octanol–water partition coefficient (Wildman–Crippen LogP) is 3.65. The number of nitrogens with one attached hydrogen (secondary N) is 1. The van der Waals surface area contributed by atoms with E-state index in [9.17, 15) is 9.59 Å². The number of aromatic nitrogens is 1. The lowest BCUT2D eigenvalue weighted by Crippen LogP contribution is -2.51. The molecule has 0 bridgehead atoms. The minimum atomic E-state index is -0.00917. The first-order valence-electron chi connectivity index (χ1n) is 11.1. The molecule has 7 heteroatoms. The number of carbonyl (C=O) groups is 2. The highest BCUT2D eigenvalue weighted by Gasteiger charge is 2.29. The molecule has 164 valence electrons. The number of hydrogen-bond acceptors (Lipinski definition) is 5. The Balaban J connectivity index is 1.21. The second-order valence-corrected chi connectivity index (χ2v) is 9.28. The van der Waals surface area contributed by atoms with E-state index in [2.05, 4.69) is 21.3 Å². The van der Waals surface area contributed by atoms with Gasteiger partial charge in [0.05, 0.1) is 11.6 Å². The van der Waals surface area contributed by atoms with Crippen molar-refractivity contribution in [3.8, 4) is 0 Å². The summed E-state index contributed by atoms with van der Waals surface area (Å²) >= 11 is 1.68. The summed E-state index contributed by atoms with van der Waals surface area (Å²) in [5.41, 5.74) is 1.96. The Morgan fingerprint density at radius 3 is 2.58 bits per heavy atom. The standard InChI is InChI=1S/C24H30N4O2S/c29-22(17-27-12-14-28(15-13-27)24(30)20-7-1-2-8-20)26-21-9-5-6-19(16-21)18-31-23-10-3-4-11-25-23/h3-6,9-11,16,20H,1-2,7-8,12-15,17-18H2,(H,26,29). The third-order valence-corrected chi connectivity index (χ3v) is 7.01. The summed E-state index contributed by atoms with van der Waals surface area (Å²) in [4.78, 5) is 33.6. The van der Waals surface area contributed by atoms with Gasteiger partial charge in [-0.3, -0.25) is 14.5 Å². The molecule has 2 fully saturated rings. The number of carbonyl (C=O) groups excluding carboxylic acids is 2. The molecule has 1 saturated carbocycles. The van der Waals surface area contributed by atoms with Crippen molar-refractivity contribution in [1.29, 1.82) is 0 Å². The van der Waals surface area contributed by atoms with Crippen molar-refractivity contribution in [2.45, 2.75) is 36.5 Å². The van der Waals surface area contributed by atoms with Crippen LogP contribution in [-0.4, -0.2) is 59.3 Å². The lowest BCUT2D eigenvalue weighted by Gasteiger charge is -2.35. The van der Waals surface area contributed by atoms with Crippen LogP contribution < -0.4 is 5.32 Å².